The number of hydrogen-bond donors (Lipinski definition) is 1. The van der Waals surface area contributed by atoms with E-state index in [2.05, 4.69) is 29.6 Å². The molecule has 3 heteroatoms. The minimum atomic E-state index is 0.658. The van der Waals surface area contributed by atoms with Crippen molar-refractivity contribution < 1.29 is 4.74 Å². The van der Waals surface area contributed by atoms with Crippen molar-refractivity contribution in [3.05, 3.63) is 64.7 Å². The summed E-state index contributed by atoms with van der Waals surface area (Å²) in [6, 6.07) is 16.1. The number of anilines is 1. The summed E-state index contributed by atoms with van der Waals surface area (Å²) >= 11 is 5.84. The third-order valence-corrected chi connectivity index (χ3v) is 2.93. The van der Waals surface area contributed by atoms with E-state index < -0.39 is 0 Å². The lowest BCUT2D eigenvalue weighted by Gasteiger charge is -2.07. The molecule has 0 aliphatic rings. The first-order valence-corrected chi connectivity index (χ1v) is 6.22. The number of ether oxygens (including phenoxy) is 1. The Labute approximate surface area is 113 Å². The van der Waals surface area contributed by atoms with Crippen LogP contribution in [0.2, 0.25) is 5.02 Å². The Morgan fingerprint density at radius 2 is 1.56 bits per heavy atom. The second-order valence-electron chi connectivity index (χ2n) is 4.11. The zero-order valence-electron chi connectivity index (χ0n) is 10.3. The summed E-state index contributed by atoms with van der Waals surface area (Å²) in [6.07, 6.45) is 0. The molecule has 0 spiro atoms. The molecule has 0 aliphatic carbocycles. The largest absolute Gasteiger partial charge is 0.381 e. The van der Waals surface area contributed by atoms with Crippen LogP contribution in [-0.2, 0) is 17.9 Å². The Morgan fingerprint density at radius 1 is 0.944 bits per heavy atom. The molecule has 2 rings (SSSR count). The zero-order chi connectivity index (χ0) is 12.8. The summed E-state index contributed by atoms with van der Waals surface area (Å²) in [7, 11) is 1.70. The molecule has 2 aromatic carbocycles. The fourth-order valence-electron chi connectivity index (χ4n) is 1.69. The van der Waals surface area contributed by atoms with Gasteiger partial charge in [0.05, 0.1) is 6.61 Å². The molecule has 0 bridgehead atoms. The third kappa shape index (κ3) is 3.76. The van der Waals surface area contributed by atoms with Gasteiger partial charge in [0, 0.05) is 24.4 Å². The van der Waals surface area contributed by atoms with Crippen LogP contribution in [0.1, 0.15) is 11.1 Å². The van der Waals surface area contributed by atoms with Gasteiger partial charge in [0.15, 0.2) is 0 Å². The highest BCUT2D eigenvalue weighted by atomic mass is 35.5. The molecule has 94 valence electrons. The quantitative estimate of drug-likeness (QED) is 0.875. The normalized spacial score (nSPS) is 10.3. The van der Waals surface area contributed by atoms with Crippen molar-refractivity contribution in [2.75, 3.05) is 12.4 Å². The summed E-state index contributed by atoms with van der Waals surface area (Å²) in [5, 5.41) is 4.10. The maximum Gasteiger partial charge on any atom is 0.0713 e. The lowest BCUT2D eigenvalue weighted by molar-refractivity contribution is 0.185. The molecule has 0 amide bonds. The molecule has 0 heterocycles. The van der Waals surface area contributed by atoms with Crippen molar-refractivity contribution in [3.63, 3.8) is 0 Å². The second-order valence-corrected chi connectivity index (χ2v) is 4.55. The maximum atomic E-state index is 5.84. The van der Waals surface area contributed by atoms with E-state index in [1.54, 1.807) is 7.11 Å². The van der Waals surface area contributed by atoms with E-state index in [9.17, 15) is 0 Å². The standard InChI is InChI=1S/C15H16ClNO/c1-18-11-13-4-2-12(3-5-13)10-17-15-8-6-14(16)7-9-15/h2-9,17H,10-11H2,1H3. The molecule has 0 fully saturated rings. The molecule has 2 nitrogen and oxygen atoms in total. The van der Waals surface area contributed by atoms with Crippen LogP contribution in [0.15, 0.2) is 48.5 Å². The van der Waals surface area contributed by atoms with E-state index in [4.69, 9.17) is 16.3 Å². The molecule has 18 heavy (non-hydrogen) atoms. The molecule has 1 N–H and O–H groups in total. The van der Waals surface area contributed by atoms with Gasteiger partial charge in [-0.25, -0.2) is 0 Å². The average Bonchev–Trinajstić information content (AvgIpc) is 2.40. The molecule has 0 saturated heterocycles. The zero-order valence-corrected chi connectivity index (χ0v) is 11.1. The van der Waals surface area contributed by atoms with Gasteiger partial charge in [0.25, 0.3) is 0 Å². The van der Waals surface area contributed by atoms with Gasteiger partial charge in [-0.3, -0.25) is 0 Å². The molecule has 0 atom stereocenters. The van der Waals surface area contributed by atoms with Crippen LogP contribution in [0.4, 0.5) is 5.69 Å². The first-order valence-electron chi connectivity index (χ1n) is 5.84. The number of halogens is 1. The van der Waals surface area contributed by atoms with Gasteiger partial charge in [-0.2, -0.15) is 0 Å². The van der Waals surface area contributed by atoms with Gasteiger partial charge >= 0.3 is 0 Å². The van der Waals surface area contributed by atoms with Gasteiger partial charge in [0.1, 0.15) is 0 Å². The Kier molecular flexibility index (Phi) is 4.62. The van der Waals surface area contributed by atoms with Crippen molar-refractivity contribution in [3.8, 4) is 0 Å². The molecule has 0 radical (unpaired) electrons. The maximum absolute atomic E-state index is 5.84. The highest BCUT2D eigenvalue weighted by molar-refractivity contribution is 6.30. The van der Waals surface area contributed by atoms with Gasteiger partial charge < -0.3 is 10.1 Å². The summed E-state index contributed by atoms with van der Waals surface area (Å²) in [4.78, 5) is 0. The Morgan fingerprint density at radius 3 is 2.17 bits per heavy atom. The van der Waals surface area contributed by atoms with Crippen LogP contribution < -0.4 is 5.32 Å². The Bertz CT molecular complexity index is 479. The van der Waals surface area contributed by atoms with E-state index in [-0.39, 0.29) is 0 Å². The SMILES string of the molecule is COCc1ccc(CNc2ccc(Cl)cc2)cc1. The van der Waals surface area contributed by atoms with Crippen LogP contribution in [0.3, 0.4) is 0 Å². The van der Waals surface area contributed by atoms with Crippen LogP contribution in [0.25, 0.3) is 0 Å². The Balaban J connectivity index is 1.91. The van der Waals surface area contributed by atoms with Gasteiger partial charge in [-0.1, -0.05) is 35.9 Å². The Hall–Kier alpha value is -1.51. The number of benzene rings is 2. The highest BCUT2D eigenvalue weighted by Crippen LogP contribution is 2.14. The second kappa shape index (κ2) is 6.43. The van der Waals surface area contributed by atoms with Crippen molar-refractivity contribution in [2.45, 2.75) is 13.2 Å². The summed E-state index contributed by atoms with van der Waals surface area (Å²) < 4.78 is 5.08. The fourth-order valence-corrected chi connectivity index (χ4v) is 1.82. The fraction of sp³-hybridized carbons (Fsp3) is 0.200. The lowest BCUT2D eigenvalue weighted by Crippen LogP contribution is -1.99. The third-order valence-electron chi connectivity index (χ3n) is 2.67. The predicted octanol–water partition coefficient (Wildman–Crippen LogP) is 4.10. The summed E-state index contributed by atoms with van der Waals surface area (Å²) in [5.74, 6) is 0. The smallest absolute Gasteiger partial charge is 0.0713 e. The van der Waals surface area contributed by atoms with Crippen LogP contribution in [0.5, 0.6) is 0 Å². The van der Waals surface area contributed by atoms with E-state index in [1.165, 1.54) is 11.1 Å². The molecular formula is C15H16ClNO. The van der Waals surface area contributed by atoms with E-state index in [1.807, 2.05) is 24.3 Å². The van der Waals surface area contributed by atoms with Gasteiger partial charge in [-0.05, 0) is 35.4 Å². The topological polar surface area (TPSA) is 21.3 Å². The van der Waals surface area contributed by atoms with Crippen molar-refractivity contribution in [1.29, 1.82) is 0 Å². The van der Waals surface area contributed by atoms with Gasteiger partial charge in [-0.15, -0.1) is 0 Å². The van der Waals surface area contributed by atoms with Gasteiger partial charge in [0.2, 0.25) is 0 Å². The number of nitrogens with one attached hydrogen (secondary N) is 1. The minimum absolute atomic E-state index is 0.658. The van der Waals surface area contributed by atoms with E-state index in [0.29, 0.717) is 6.61 Å². The van der Waals surface area contributed by atoms with E-state index >= 15 is 0 Å². The van der Waals surface area contributed by atoms with E-state index in [0.717, 1.165) is 17.3 Å². The molecular weight excluding hydrogens is 246 g/mol. The lowest BCUT2D eigenvalue weighted by atomic mass is 10.1. The first kappa shape index (κ1) is 12.9. The number of hydrogen-bond acceptors (Lipinski definition) is 2. The first-order chi connectivity index (χ1) is 8.78. The minimum Gasteiger partial charge on any atom is -0.381 e. The highest BCUT2D eigenvalue weighted by Gasteiger charge is 1.96. The molecule has 0 aliphatic heterocycles. The molecule has 0 saturated carbocycles. The molecule has 0 unspecified atom stereocenters. The number of rotatable bonds is 5. The summed E-state index contributed by atoms with van der Waals surface area (Å²) in [6.45, 7) is 1.46. The van der Waals surface area contributed by atoms with Crippen LogP contribution >= 0.6 is 11.6 Å². The van der Waals surface area contributed by atoms with Crippen molar-refractivity contribution >= 4 is 17.3 Å². The van der Waals surface area contributed by atoms with Crippen LogP contribution in [0, 0.1) is 0 Å². The average molecular weight is 262 g/mol. The summed E-state index contributed by atoms with van der Waals surface area (Å²) in [5.41, 5.74) is 3.50. The van der Waals surface area contributed by atoms with Crippen molar-refractivity contribution in [1.82, 2.24) is 0 Å². The van der Waals surface area contributed by atoms with Crippen molar-refractivity contribution in [2.24, 2.45) is 0 Å². The van der Waals surface area contributed by atoms with Crippen LogP contribution in [-0.4, -0.2) is 7.11 Å². The predicted molar refractivity (Wildman–Crippen MR) is 75.9 cm³/mol. The monoisotopic (exact) mass is 261 g/mol. The number of methoxy groups -OCH3 is 1. The molecule has 0 aromatic heterocycles. The molecule has 2 aromatic rings.